The molecule has 19 nitrogen and oxygen atoms in total. The zero-order chi connectivity index (χ0) is 55.8. The first-order chi connectivity index (χ1) is 38.8. The second-order valence-corrected chi connectivity index (χ2v) is 28.7. The Balaban J connectivity index is 0.660. The highest BCUT2D eigenvalue weighted by Crippen LogP contribution is 2.60. The number of ether oxygens (including phenoxy) is 14. The third kappa shape index (κ3) is 9.34. The minimum Gasteiger partial charge on any atom is -0.394 e. The Kier molecular flexibility index (Phi) is 14.2. The van der Waals surface area contributed by atoms with Gasteiger partial charge in [0.25, 0.3) is 0 Å². The molecule has 0 aromatic rings. The molecule has 12 bridgehead atoms. The van der Waals surface area contributed by atoms with Gasteiger partial charge in [-0.1, -0.05) is 40.9 Å². The first-order valence-corrected chi connectivity index (χ1v) is 31.6. The molecule has 33 unspecified atom stereocenters. The fourth-order valence-electron chi connectivity index (χ4n) is 19.0. The Labute approximate surface area is 475 Å². The van der Waals surface area contributed by atoms with E-state index in [1.165, 1.54) is 0 Å². The van der Waals surface area contributed by atoms with Gasteiger partial charge in [0.2, 0.25) is 0 Å². The zero-order valence-electron chi connectivity index (χ0n) is 48.0. The number of hydrogen-bond acceptors (Lipinski definition) is 19. The van der Waals surface area contributed by atoms with E-state index in [2.05, 4.69) is 40.9 Å². The SMILES string of the molecule is C=C1CC2CCC34OC5C6OC(CCC6OC6C5OC(C)(C6O3)C4O)CC(=O)CC3C(CC4OC(CCC1O2)CC(C)C4=C)OC1CC2OC4(CC2OC1C3C)CC1OC2(CC(C)C3OC(C(O)CC(O)CO)CC3O2)CC(C)C1O4. The van der Waals surface area contributed by atoms with Crippen LogP contribution in [0.4, 0.5) is 0 Å². The molecule has 0 aromatic carbocycles. The summed E-state index contributed by atoms with van der Waals surface area (Å²) in [6.07, 6.45) is 0.703. The van der Waals surface area contributed by atoms with Crippen LogP contribution in [-0.2, 0) is 71.1 Å². The van der Waals surface area contributed by atoms with E-state index in [0.717, 1.165) is 36.8 Å². The summed E-state index contributed by atoms with van der Waals surface area (Å²) >= 11 is 0. The quantitative estimate of drug-likeness (QED) is 0.273. The smallest absolute Gasteiger partial charge is 0.198 e. The highest BCUT2D eigenvalue weighted by molar-refractivity contribution is 5.79. The number of aliphatic hydroxyl groups is 4. The van der Waals surface area contributed by atoms with Crippen molar-refractivity contribution in [2.75, 3.05) is 6.61 Å². The molecule has 0 saturated carbocycles. The molecule has 16 rings (SSSR count). The van der Waals surface area contributed by atoms with Crippen LogP contribution in [0.2, 0.25) is 0 Å². The van der Waals surface area contributed by atoms with Crippen molar-refractivity contribution in [3.63, 3.8) is 0 Å². The van der Waals surface area contributed by atoms with E-state index in [-0.39, 0.29) is 140 Å². The molecule has 3 spiro atoms. The van der Waals surface area contributed by atoms with Crippen molar-refractivity contribution in [1.82, 2.24) is 0 Å². The summed E-state index contributed by atoms with van der Waals surface area (Å²) in [6, 6.07) is 0. The topological polar surface area (TPSA) is 227 Å². The molecule has 4 N–H and O–H groups in total. The van der Waals surface area contributed by atoms with Crippen LogP contribution < -0.4 is 0 Å². The summed E-state index contributed by atoms with van der Waals surface area (Å²) in [5.41, 5.74) is 1.12. The van der Waals surface area contributed by atoms with Gasteiger partial charge in [-0.3, -0.25) is 4.79 Å². The fourth-order valence-corrected chi connectivity index (χ4v) is 19.0. The Morgan fingerprint density at radius 3 is 2.11 bits per heavy atom. The predicted octanol–water partition coefficient (Wildman–Crippen LogP) is 4.95. The minimum absolute atomic E-state index is 0.0192. The van der Waals surface area contributed by atoms with Gasteiger partial charge in [-0.15, -0.1) is 0 Å². The van der Waals surface area contributed by atoms with Crippen molar-refractivity contribution in [3.05, 3.63) is 24.3 Å². The first-order valence-electron chi connectivity index (χ1n) is 31.6. The van der Waals surface area contributed by atoms with E-state index < -0.39 is 84.5 Å². The van der Waals surface area contributed by atoms with Crippen LogP contribution in [0.25, 0.3) is 0 Å². The molecule has 0 amide bonds. The molecular weight excluding hydrogens is 1050 g/mol. The maximum Gasteiger partial charge on any atom is 0.198 e. The standard InChI is InChI=1S/C62H90O19/c1-27-14-35-8-10-40-28(2)15-37(68-40)12-13-62-58(67)59(7)57(81-62)56-55(78-59)54(80-62)53-41(72-56)11-9-36(70-53)16-33(64)17-38-32(6)52-46(71-43(38)19-42(69-35)31(27)5)21-45-48(74-52)24-61(75-45)25-49-51(79-61)30(4)23-60(77-49)22-29(3)50-47(76-60)20-44(73-50)39(66)18-34(65)26-63/h27,29-30,32,34-58,63,65-67H,2,5,8-26H2,1,3-4,6-7H3. The molecule has 33 atom stereocenters. The van der Waals surface area contributed by atoms with Crippen LogP contribution >= 0.6 is 0 Å². The van der Waals surface area contributed by atoms with Gasteiger partial charge in [-0.2, -0.15) is 0 Å². The number of aliphatic hydroxyl groups excluding tert-OH is 4. The number of fused-ring (bicyclic) bond motifs is 10. The van der Waals surface area contributed by atoms with Gasteiger partial charge < -0.3 is 86.7 Å². The predicted molar refractivity (Wildman–Crippen MR) is 283 cm³/mol. The van der Waals surface area contributed by atoms with Crippen LogP contribution in [0, 0.1) is 29.6 Å². The van der Waals surface area contributed by atoms with Crippen molar-refractivity contribution >= 4 is 5.78 Å². The lowest BCUT2D eigenvalue weighted by atomic mass is 9.72. The maximum atomic E-state index is 14.8. The first kappa shape index (κ1) is 56.0. The van der Waals surface area contributed by atoms with Crippen LogP contribution in [0.15, 0.2) is 24.3 Å². The van der Waals surface area contributed by atoms with E-state index in [4.69, 9.17) is 66.3 Å². The molecule has 16 aliphatic heterocycles. The van der Waals surface area contributed by atoms with E-state index in [1.807, 2.05) is 6.92 Å². The largest absolute Gasteiger partial charge is 0.394 e. The van der Waals surface area contributed by atoms with Crippen molar-refractivity contribution in [2.24, 2.45) is 29.6 Å². The van der Waals surface area contributed by atoms with Crippen molar-refractivity contribution < 1.29 is 91.5 Å². The third-order valence-electron chi connectivity index (χ3n) is 23.1. The van der Waals surface area contributed by atoms with Crippen LogP contribution in [0.5, 0.6) is 0 Å². The summed E-state index contributed by atoms with van der Waals surface area (Å²) < 4.78 is 97.3. The lowest BCUT2D eigenvalue weighted by Gasteiger charge is -2.51. The molecule has 452 valence electrons. The van der Waals surface area contributed by atoms with Crippen LogP contribution in [0.3, 0.4) is 0 Å². The Bertz CT molecular complexity index is 2430. The number of hydrogen-bond donors (Lipinski definition) is 4. The number of ketones is 1. The highest BCUT2D eigenvalue weighted by atomic mass is 16.8. The monoisotopic (exact) mass is 1140 g/mol. The van der Waals surface area contributed by atoms with Crippen LogP contribution in [-0.4, -0.2) is 202 Å². The molecular formula is C62H90O19. The second-order valence-electron chi connectivity index (χ2n) is 28.7. The molecule has 16 heterocycles. The molecule has 16 fully saturated rings. The van der Waals surface area contributed by atoms with Crippen LogP contribution in [0.1, 0.15) is 150 Å². The average Bonchev–Trinajstić information content (AvgIpc) is 4.44. The van der Waals surface area contributed by atoms with Crippen molar-refractivity contribution in [3.8, 4) is 0 Å². The van der Waals surface area contributed by atoms with Crippen molar-refractivity contribution in [1.29, 1.82) is 0 Å². The van der Waals surface area contributed by atoms with Gasteiger partial charge in [-0.25, -0.2) is 0 Å². The Morgan fingerprint density at radius 2 is 1.28 bits per heavy atom. The molecule has 16 aliphatic rings. The Morgan fingerprint density at radius 1 is 0.568 bits per heavy atom. The summed E-state index contributed by atoms with van der Waals surface area (Å²) in [5.74, 6) is -2.76. The molecule has 0 aliphatic carbocycles. The lowest BCUT2D eigenvalue weighted by molar-refractivity contribution is -0.347. The van der Waals surface area contributed by atoms with Gasteiger partial charge in [0.05, 0.1) is 116 Å². The minimum atomic E-state index is -1.33. The van der Waals surface area contributed by atoms with E-state index in [9.17, 15) is 25.2 Å². The molecule has 81 heavy (non-hydrogen) atoms. The van der Waals surface area contributed by atoms with Gasteiger partial charge >= 0.3 is 0 Å². The van der Waals surface area contributed by atoms with Gasteiger partial charge in [0.1, 0.15) is 48.0 Å². The maximum absolute atomic E-state index is 14.8. The zero-order valence-corrected chi connectivity index (χ0v) is 48.0. The van der Waals surface area contributed by atoms with Gasteiger partial charge in [0.15, 0.2) is 17.4 Å². The number of carbonyl (C=O) groups is 1. The Hall–Kier alpha value is -1.57. The van der Waals surface area contributed by atoms with Gasteiger partial charge in [-0.05, 0) is 92.6 Å². The molecule has 19 heteroatoms. The van der Waals surface area contributed by atoms with E-state index in [0.29, 0.717) is 77.0 Å². The molecule has 0 radical (unpaired) electrons. The average molecular weight is 1140 g/mol. The summed E-state index contributed by atoms with van der Waals surface area (Å²) in [7, 11) is 0. The summed E-state index contributed by atoms with van der Waals surface area (Å²) in [5, 5.41) is 42.5. The highest BCUT2D eigenvalue weighted by Gasteiger charge is 2.77. The summed E-state index contributed by atoms with van der Waals surface area (Å²) in [4.78, 5) is 14.8. The molecule has 0 aromatic heterocycles. The van der Waals surface area contributed by atoms with Crippen molar-refractivity contribution in [2.45, 2.75) is 320 Å². The number of rotatable bonds is 4. The fraction of sp³-hybridized carbons (Fsp3) is 0.919. The molecule has 16 saturated heterocycles. The third-order valence-corrected chi connectivity index (χ3v) is 23.1. The van der Waals surface area contributed by atoms with E-state index in [1.54, 1.807) is 0 Å². The van der Waals surface area contributed by atoms with Gasteiger partial charge in [0, 0.05) is 70.6 Å². The lowest BCUT2D eigenvalue weighted by Crippen LogP contribution is -2.62. The van der Waals surface area contributed by atoms with E-state index >= 15 is 0 Å². The summed E-state index contributed by atoms with van der Waals surface area (Å²) in [6.45, 7) is 19.5. The number of Topliss-reactive ketones (excluding diaryl/α,β-unsaturated/α-hetero) is 1. The second kappa shape index (κ2) is 20.5. The number of carbonyl (C=O) groups excluding carboxylic acids is 1. The normalized spacial score (nSPS) is 58.0.